The molecule has 0 saturated heterocycles. The van der Waals surface area contributed by atoms with Gasteiger partial charge in [-0.1, -0.05) is 18.2 Å². The first-order valence-electron chi connectivity index (χ1n) is 9.70. The molecule has 152 valence electrons. The van der Waals surface area contributed by atoms with Crippen LogP contribution in [0.15, 0.2) is 51.9 Å². The number of aromatic amines is 2. The molecule has 0 aliphatic carbocycles. The number of hydrogen-bond donors (Lipinski definition) is 2. The number of carbonyl (C=O) groups excluding carboxylic acids is 1. The third kappa shape index (κ3) is 3.11. The maximum Gasteiger partial charge on any atom is 0.354 e. The first-order valence-corrected chi connectivity index (χ1v) is 9.70. The van der Waals surface area contributed by atoms with Crippen molar-refractivity contribution in [3.63, 3.8) is 0 Å². The van der Waals surface area contributed by atoms with Crippen LogP contribution in [0.25, 0.3) is 22.5 Å². The largest absolute Gasteiger partial charge is 0.464 e. The third-order valence-electron chi connectivity index (χ3n) is 5.49. The molecule has 0 unspecified atom stereocenters. The Hall–Kier alpha value is -3.65. The van der Waals surface area contributed by atoms with Crippen LogP contribution in [-0.4, -0.2) is 39.5 Å². The summed E-state index contributed by atoms with van der Waals surface area (Å²) >= 11 is 0. The van der Waals surface area contributed by atoms with Gasteiger partial charge in [0.1, 0.15) is 5.69 Å². The molecule has 0 bridgehead atoms. The maximum atomic E-state index is 12.7. The number of nitrogens with one attached hydrogen (secondary N) is 2. The van der Waals surface area contributed by atoms with Gasteiger partial charge >= 0.3 is 5.97 Å². The number of methoxy groups -OCH3 is 1. The summed E-state index contributed by atoms with van der Waals surface area (Å²) < 4.78 is 10.3. The van der Waals surface area contributed by atoms with Crippen LogP contribution >= 0.6 is 0 Å². The molecule has 8 heteroatoms. The molecule has 1 aliphatic heterocycles. The summed E-state index contributed by atoms with van der Waals surface area (Å²) in [5.41, 5.74) is 3.47. The summed E-state index contributed by atoms with van der Waals surface area (Å²) in [6, 6.07) is 11.3. The molecule has 0 fully saturated rings. The molecule has 0 amide bonds. The Bertz CT molecular complexity index is 1290. The summed E-state index contributed by atoms with van der Waals surface area (Å²) in [5, 5.41) is 0.976. The zero-order valence-corrected chi connectivity index (χ0v) is 16.4. The Morgan fingerprint density at radius 1 is 1.23 bits per heavy atom. The van der Waals surface area contributed by atoms with Gasteiger partial charge in [0.25, 0.3) is 5.56 Å². The average molecular weight is 404 g/mol. The molecule has 8 nitrogen and oxygen atoms in total. The van der Waals surface area contributed by atoms with Gasteiger partial charge in [0, 0.05) is 42.5 Å². The third-order valence-corrected chi connectivity index (χ3v) is 5.49. The molecule has 2 N–H and O–H groups in total. The van der Waals surface area contributed by atoms with E-state index in [0.29, 0.717) is 42.4 Å². The molecule has 5 rings (SSSR count). The number of hydrogen-bond acceptors (Lipinski definition) is 6. The van der Waals surface area contributed by atoms with E-state index in [-0.39, 0.29) is 5.56 Å². The number of esters is 1. The van der Waals surface area contributed by atoms with Crippen LogP contribution in [0.1, 0.15) is 27.3 Å². The lowest BCUT2D eigenvalue weighted by atomic mass is 10.0. The van der Waals surface area contributed by atoms with Crippen molar-refractivity contribution in [2.45, 2.75) is 19.5 Å². The minimum atomic E-state index is -0.402. The van der Waals surface area contributed by atoms with Crippen molar-refractivity contribution in [1.82, 2.24) is 19.9 Å². The summed E-state index contributed by atoms with van der Waals surface area (Å²) in [6.07, 6.45) is 2.19. The number of H-pyrrole nitrogens is 2. The molecule has 3 aromatic heterocycles. The van der Waals surface area contributed by atoms with Gasteiger partial charge in [-0.3, -0.25) is 9.69 Å². The van der Waals surface area contributed by atoms with Crippen molar-refractivity contribution in [1.29, 1.82) is 0 Å². The molecule has 0 radical (unpaired) electrons. The minimum absolute atomic E-state index is 0.164. The Balaban J connectivity index is 1.47. The van der Waals surface area contributed by atoms with Crippen molar-refractivity contribution in [3.05, 3.63) is 75.5 Å². The van der Waals surface area contributed by atoms with Crippen LogP contribution in [0.3, 0.4) is 0 Å². The predicted molar refractivity (Wildman–Crippen MR) is 110 cm³/mol. The smallest absolute Gasteiger partial charge is 0.354 e. The maximum absolute atomic E-state index is 12.7. The molecular weight excluding hydrogens is 384 g/mol. The number of aromatic nitrogens is 3. The number of fused-ring (bicyclic) bond motifs is 2. The van der Waals surface area contributed by atoms with E-state index in [2.05, 4.69) is 19.9 Å². The summed E-state index contributed by atoms with van der Waals surface area (Å²) in [7, 11) is 1.37. The van der Waals surface area contributed by atoms with Gasteiger partial charge in [0.2, 0.25) is 0 Å². The lowest BCUT2D eigenvalue weighted by Crippen LogP contribution is -2.35. The van der Waals surface area contributed by atoms with Gasteiger partial charge in [-0.15, -0.1) is 0 Å². The number of benzene rings is 1. The van der Waals surface area contributed by atoms with Crippen molar-refractivity contribution >= 4 is 16.9 Å². The topological polar surface area (TPSA) is 104 Å². The van der Waals surface area contributed by atoms with Gasteiger partial charge in [0.15, 0.2) is 11.6 Å². The zero-order chi connectivity index (χ0) is 20.7. The monoisotopic (exact) mass is 404 g/mol. The minimum Gasteiger partial charge on any atom is -0.464 e. The Kier molecular flexibility index (Phi) is 4.48. The highest BCUT2D eigenvalue weighted by molar-refractivity contribution is 5.98. The highest BCUT2D eigenvalue weighted by Gasteiger charge is 2.25. The van der Waals surface area contributed by atoms with E-state index >= 15 is 0 Å². The van der Waals surface area contributed by atoms with E-state index in [1.54, 1.807) is 18.4 Å². The fourth-order valence-electron chi connectivity index (χ4n) is 4.01. The molecule has 4 aromatic rings. The fraction of sp³-hybridized carbons (Fsp3) is 0.227. The van der Waals surface area contributed by atoms with Crippen LogP contribution in [0.2, 0.25) is 0 Å². The second-order valence-electron chi connectivity index (χ2n) is 7.29. The van der Waals surface area contributed by atoms with Crippen LogP contribution in [0, 0.1) is 0 Å². The number of ether oxygens (including phenoxy) is 1. The normalized spacial score (nSPS) is 14.0. The van der Waals surface area contributed by atoms with E-state index in [1.165, 1.54) is 7.11 Å². The highest BCUT2D eigenvalue weighted by atomic mass is 16.5. The van der Waals surface area contributed by atoms with Crippen LogP contribution in [-0.2, 0) is 24.2 Å². The number of furan rings is 1. The van der Waals surface area contributed by atoms with Crippen LogP contribution < -0.4 is 5.56 Å². The van der Waals surface area contributed by atoms with Gasteiger partial charge < -0.3 is 19.1 Å². The Morgan fingerprint density at radius 3 is 2.90 bits per heavy atom. The second kappa shape index (κ2) is 7.31. The Morgan fingerprint density at radius 2 is 2.10 bits per heavy atom. The van der Waals surface area contributed by atoms with Gasteiger partial charge in [-0.25, -0.2) is 9.78 Å². The van der Waals surface area contributed by atoms with Gasteiger partial charge in [-0.2, -0.15) is 0 Å². The van der Waals surface area contributed by atoms with E-state index in [1.807, 2.05) is 24.3 Å². The van der Waals surface area contributed by atoms with Crippen molar-refractivity contribution < 1.29 is 13.9 Å². The quantitative estimate of drug-likeness (QED) is 0.507. The zero-order valence-electron chi connectivity index (χ0n) is 16.4. The second-order valence-corrected chi connectivity index (χ2v) is 7.29. The molecular formula is C22H20N4O4. The average Bonchev–Trinajstić information content (AvgIpc) is 3.42. The molecule has 0 saturated carbocycles. The van der Waals surface area contributed by atoms with Crippen LogP contribution in [0.4, 0.5) is 0 Å². The number of nitrogens with zero attached hydrogens (tertiary/aromatic N) is 2. The molecule has 4 heterocycles. The van der Waals surface area contributed by atoms with Gasteiger partial charge in [0.05, 0.1) is 24.6 Å². The number of rotatable bonds is 4. The first-order chi connectivity index (χ1) is 14.6. The number of para-hydroxylation sites is 1. The molecule has 30 heavy (non-hydrogen) atoms. The van der Waals surface area contributed by atoms with E-state index < -0.39 is 5.97 Å². The van der Waals surface area contributed by atoms with Crippen molar-refractivity contribution in [2.24, 2.45) is 0 Å². The molecule has 1 aromatic carbocycles. The summed E-state index contributed by atoms with van der Waals surface area (Å²) in [5.74, 6) is 0.585. The van der Waals surface area contributed by atoms with Crippen molar-refractivity contribution in [2.75, 3.05) is 13.7 Å². The molecule has 0 spiro atoms. The van der Waals surface area contributed by atoms with E-state index in [9.17, 15) is 9.59 Å². The summed E-state index contributed by atoms with van der Waals surface area (Å²) in [6.45, 7) is 1.70. The lowest BCUT2D eigenvalue weighted by Gasteiger charge is -2.27. The number of carbonyl (C=O) groups is 1. The molecule has 1 aliphatic rings. The molecule has 0 atom stereocenters. The Labute approximate surface area is 171 Å². The highest BCUT2D eigenvalue weighted by Crippen LogP contribution is 2.27. The van der Waals surface area contributed by atoms with Crippen molar-refractivity contribution in [3.8, 4) is 11.6 Å². The predicted octanol–water partition coefficient (Wildman–Crippen LogP) is 2.86. The summed E-state index contributed by atoms with van der Waals surface area (Å²) in [4.78, 5) is 37.8. The SMILES string of the molecule is COC(=O)c1[nH]c2ccccc2c1CN1CCc2nc(-c3ccco3)[nH]c(=O)c2C1. The first kappa shape index (κ1) is 18.4. The van der Waals surface area contributed by atoms with Gasteiger partial charge in [-0.05, 0) is 18.2 Å². The lowest BCUT2D eigenvalue weighted by molar-refractivity contribution is 0.0592. The standard InChI is InChI=1S/C22H20N4O4/c1-29-22(28)19-14(13-5-2-3-6-16(13)23-19)11-26-9-8-17-15(12-26)21(27)25-20(24-17)18-7-4-10-30-18/h2-7,10,23H,8-9,11-12H2,1H3,(H,24,25,27). The van der Waals surface area contributed by atoms with Crippen LogP contribution in [0.5, 0.6) is 0 Å². The van der Waals surface area contributed by atoms with E-state index in [4.69, 9.17) is 9.15 Å². The van der Waals surface area contributed by atoms with E-state index in [0.717, 1.165) is 28.7 Å². The fourth-order valence-corrected chi connectivity index (χ4v) is 4.01.